The lowest BCUT2D eigenvalue weighted by molar-refractivity contribution is -0.122. The van der Waals surface area contributed by atoms with E-state index in [1.807, 2.05) is 0 Å². The topological polar surface area (TPSA) is 43.1 Å². The van der Waals surface area contributed by atoms with Crippen molar-refractivity contribution in [2.45, 2.75) is 103 Å². The molecular formula is C23H39NO. The molecule has 0 amide bonds. The Bertz CT molecular complexity index is 518. The third-order valence-corrected chi connectivity index (χ3v) is 9.96. The Morgan fingerprint density at radius 2 is 1.76 bits per heavy atom. The standard InChI is InChI=1S/C23H39NO/c1-21-14-11-20-18(19(21)9-8-17(21)7-3-6-16-25)10-15-23(24)13-5-4-12-22(20,23)2/h16-20H,3-15,24H2,1-2H3. The molecule has 0 aliphatic heterocycles. The number of fused-ring (bicyclic) bond motifs is 5. The Morgan fingerprint density at radius 1 is 0.960 bits per heavy atom. The van der Waals surface area contributed by atoms with Gasteiger partial charge >= 0.3 is 0 Å². The summed E-state index contributed by atoms with van der Waals surface area (Å²) in [5.41, 5.74) is 8.12. The molecule has 0 spiro atoms. The van der Waals surface area contributed by atoms with Crippen molar-refractivity contribution in [3.63, 3.8) is 0 Å². The molecule has 0 bridgehead atoms. The summed E-state index contributed by atoms with van der Waals surface area (Å²) < 4.78 is 0. The maximum Gasteiger partial charge on any atom is 0.119 e. The quantitative estimate of drug-likeness (QED) is 0.541. The molecule has 0 aromatic rings. The lowest BCUT2D eigenvalue weighted by atomic mass is 9.42. The van der Waals surface area contributed by atoms with Crippen LogP contribution in [0.5, 0.6) is 0 Å². The van der Waals surface area contributed by atoms with Gasteiger partial charge in [-0.05, 0) is 98.7 Å². The molecule has 7 unspecified atom stereocenters. The van der Waals surface area contributed by atoms with Gasteiger partial charge in [0.2, 0.25) is 0 Å². The number of hydrogen-bond donors (Lipinski definition) is 1. The fraction of sp³-hybridized carbons (Fsp3) is 0.957. The van der Waals surface area contributed by atoms with Crippen LogP contribution in [0.15, 0.2) is 0 Å². The number of nitrogens with two attached hydrogens (primary N) is 1. The molecule has 142 valence electrons. The van der Waals surface area contributed by atoms with Gasteiger partial charge in [0.05, 0.1) is 0 Å². The van der Waals surface area contributed by atoms with Gasteiger partial charge in [0, 0.05) is 12.0 Å². The van der Waals surface area contributed by atoms with Crippen molar-refractivity contribution in [2.24, 2.45) is 40.2 Å². The van der Waals surface area contributed by atoms with E-state index >= 15 is 0 Å². The van der Waals surface area contributed by atoms with Gasteiger partial charge in [-0.1, -0.05) is 26.7 Å². The first-order valence-electron chi connectivity index (χ1n) is 11.2. The van der Waals surface area contributed by atoms with Gasteiger partial charge in [-0.2, -0.15) is 0 Å². The molecule has 25 heavy (non-hydrogen) atoms. The van der Waals surface area contributed by atoms with Gasteiger partial charge in [-0.25, -0.2) is 0 Å². The molecule has 4 rings (SSSR count). The highest BCUT2D eigenvalue weighted by Crippen LogP contribution is 2.68. The Labute approximate surface area is 154 Å². The average Bonchev–Trinajstić information content (AvgIpc) is 2.92. The van der Waals surface area contributed by atoms with Crippen LogP contribution in [0.4, 0.5) is 0 Å². The predicted molar refractivity (Wildman–Crippen MR) is 103 cm³/mol. The second-order valence-electron chi connectivity index (χ2n) is 10.6. The maximum atomic E-state index is 10.7. The SMILES string of the molecule is CC12CCC3C(CCC4(N)CCCCC34C)C1CCC2CCCC=O. The van der Waals surface area contributed by atoms with Gasteiger partial charge in [-0.15, -0.1) is 0 Å². The fourth-order valence-corrected chi connectivity index (χ4v) is 8.37. The number of rotatable bonds is 4. The van der Waals surface area contributed by atoms with E-state index in [9.17, 15) is 4.79 Å². The smallest absolute Gasteiger partial charge is 0.119 e. The van der Waals surface area contributed by atoms with E-state index in [1.54, 1.807) is 0 Å². The van der Waals surface area contributed by atoms with Crippen molar-refractivity contribution >= 4 is 6.29 Å². The summed E-state index contributed by atoms with van der Waals surface area (Å²) in [6.45, 7) is 5.18. The van der Waals surface area contributed by atoms with Crippen LogP contribution in [-0.2, 0) is 4.79 Å². The summed E-state index contributed by atoms with van der Waals surface area (Å²) in [6.07, 6.45) is 18.0. The minimum Gasteiger partial charge on any atom is -0.325 e. The van der Waals surface area contributed by atoms with E-state index in [2.05, 4.69) is 13.8 Å². The molecule has 2 heteroatoms. The maximum absolute atomic E-state index is 10.7. The van der Waals surface area contributed by atoms with Gasteiger partial charge < -0.3 is 10.5 Å². The molecule has 2 nitrogen and oxygen atoms in total. The van der Waals surface area contributed by atoms with E-state index in [-0.39, 0.29) is 5.54 Å². The normalized spacial score (nSPS) is 52.1. The molecule has 4 aliphatic carbocycles. The molecular weight excluding hydrogens is 306 g/mol. The van der Waals surface area contributed by atoms with E-state index in [0.29, 0.717) is 10.8 Å². The van der Waals surface area contributed by atoms with Crippen molar-refractivity contribution in [1.29, 1.82) is 0 Å². The summed E-state index contributed by atoms with van der Waals surface area (Å²) >= 11 is 0. The van der Waals surface area contributed by atoms with E-state index in [4.69, 9.17) is 5.73 Å². The largest absolute Gasteiger partial charge is 0.325 e. The van der Waals surface area contributed by atoms with Crippen LogP contribution >= 0.6 is 0 Å². The van der Waals surface area contributed by atoms with Crippen LogP contribution in [0.2, 0.25) is 0 Å². The first-order chi connectivity index (χ1) is 11.9. The van der Waals surface area contributed by atoms with Crippen molar-refractivity contribution in [3.8, 4) is 0 Å². The minimum absolute atomic E-state index is 0.127. The van der Waals surface area contributed by atoms with Crippen LogP contribution in [-0.4, -0.2) is 11.8 Å². The molecule has 4 saturated carbocycles. The Balaban J connectivity index is 1.55. The first kappa shape index (κ1) is 18.0. The highest BCUT2D eigenvalue weighted by molar-refractivity contribution is 5.48. The molecule has 4 fully saturated rings. The molecule has 0 saturated heterocycles. The van der Waals surface area contributed by atoms with Gasteiger partial charge in [0.1, 0.15) is 6.29 Å². The van der Waals surface area contributed by atoms with Crippen molar-refractivity contribution in [1.82, 2.24) is 0 Å². The number of carbonyl (C=O) groups excluding carboxylic acids is 1. The zero-order valence-corrected chi connectivity index (χ0v) is 16.6. The van der Waals surface area contributed by atoms with Gasteiger partial charge in [0.25, 0.3) is 0 Å². The van der Waals surface area contributed by atoms with Crippen LogP contribution < -0.4 is 5.73 Å². The Hall–Kier alpha value is -0.370. The summed E-state index contributed by atoms with van der Waals surface area (Å²) in [7, 11) is 0. The monoisotopic (exact) mass is 345 g/mol. The summed E-state index contributed by atoms with van der Waals surface area (Å²) in [5, 5.41) is 0. The third kappa shape index (κ3) is 2.57. The third-order valence-electron chi connectivity index (χ3n) is 9.96. The second kappa shape index (κ2) is 6.36. The lowest BCUT2D eigenvalue weighted by Gasteiger charge is -2.64. The zero-order valence-electron chi connectivity index (χ0n) is 16.6. The highest BCUT2D eigenvalue weighted by atomic mass is 16.1. The first-order valence-corrected chi connectivity index (χ1v) is 11.2. The zero-order chi connectivity index (χ0) is 17.7. The molecule has 2 N–H and O–H groups in total. The number of unbranched alkanes of at least 4 members (excludes halogenated alkanes) is 1. The van der Waals surface area contributed by atoms with Crippen LogP contribution in [0, 0.1) is 34.5 Å². The number of aldehydes is 1. The van der Waals surface area contributed by atoms with Crippen molar-refractivity contribution in [2.75, 3.05) is 0 Å². The number of hydrogen-bond acceptors (Lipinski definition) is 2. The van der Waals surface area contributed by atoms with Crippen LogP contribution in [0.3, 0.4) is 0 Å². The Morgan fingerprint density at radius 3 is 2.56 bits per heavy atom. The molecule has 0 heterocycles. The lowest BCUT2D eigenvalue weighted by Crippen LogP contribution is -2.65. The Kier molecular flexibility index (Phi) is 4.58. The number of carbonyl (C=O) groups is 1. The molecule has 7 atom stereocenters. The second-order valence-corrected chi connectivity index (χ2v) is 10.6. The minimum atomic E-state index is 0.127. The summed E-state index contributed by atoms with van der Waals surface area (Å²) in [4.78, 5) is 10.7. The van der Waals surface area contributed by atoms with E-state index < -0.39 is 0 Å². The molecule has 0 aromatic carbocycles. The van der Waals surface area contributed by atoms with Crippen molar-refractivity contribution in [3.05, 3.63) is 0 Å². The van der Waals surface area contributed by atoms with Crippen molar-refractivity contribution < 1.29 is 4.79 Å². The van der Waals surface area contributed by atoms with Gasteiger partial charge in [0.15, 0.2) is 0 Å². The van der Waals surface area contributed by atoms with E-state index in [1.165, 1.54) is 70.6 Å². The molecule has 0 radical (unpaired) electrons. The van der Waals surface area contributed by atoms with Gasteiger partial charge in [-0.3, -0.25) is 0 Å². The predicted octanol–water partition coefficient (Wildman–Crippen LogP) is 5.49. The fourth-order valence-electron chi connectivity index (χ4n) is 8.37. The average molecular weight is 346 g/mol. The molecule has 4 aliphatic rings. The van der Waals surface area contributed by atoms with E-state index in [0.717, 1.165) is 42.8 Å². The van der Waals surface area contributed by atoms with Crippen LogP contribution in [0.1, 0.15) is 97.3 Å². The summed E-state index contributed by atoms with van der Waals surface area (Å²) in [5.74, 6) is 3.59. The molecule has 0 aromatic heterocycles. The van der Waals surface area contributed by atoms with Crippen LogP contribution in [0.25, 0.3) is 0 Å². The highest BCUT2D eigenvalue weighted by Gasteiger charge is 2.62. The summed E-state index contributed by atoms with van der Waals surface area (Å²) in [6, 6.07) is 0.